The number of carbonyl (C=O) groups excluding carboxylic acids is 1. The van der Waals surface area contributed by atoms with E-state index in [9.17, 15) is 4.79 Å². The summed E-state index contributed by atoms with van der Waals surface area (Å²) < 4.78 is 0. The van der Waals surface area contributed by atoms with Crippen LogP contribution in [0.1, 0.15) is 40.5 Å². The largest absolute Gasteiger partial charge is 0.355 e. The van der Waals surface area contributed by atoms with Crippen molar-refractivity contribution in [3.05, 3.63) is 0 Å². The molecule has 0 aromatic heterocycles. The normalized spacial score (nSPS) is 11.4. The Morgan fingerprint density at radius 1 is 1.36 bits per heavy atom. The first kappa shape index (κ1) is 13.4. The van der Waals surface area contributed by atoms with E-state index in [1.165, 1.54) is 0 Å². The van der Waals surface area contributed by atoms with Gasteiger partial charge in [0.15, 0.2) is 0 Å². The number of carbonyl (C=O) groups is 1. The first-order valence-electron chi connectivity index (χ1n) is 5.13. The molecule has 1 amide bonds. The van der Waals surface area contributed by atoms with Crippen molar-refractivity contribution >= 4 is 5.91 Å². The molecule has 0 saturated heterocycles. The molecule has 0 aliphatic rings. The van der Waals surface area contributed by atoms with Crippen LogP contribution in [-0.4, -0.2) is 24.6 Å². The van der Waals surface area contributed by atoms with Gasteiger partial charge in [-0.2, -0.15) is 5.48 Å². The number of hydroxylamine groups is 1. The smallest absolute Gasteiger partial charge is 0.236 e. The van der Waals surface area contributed by atoms with E-state index in [1.807, 2.05) is 20.8 Å². The van der Waals surface area contributed by atoms with Crippen molar-refractivity contribution in [2.75, 3.05) is 13.1 Å². The van der Waals surface area contributed by atoms with E-state index in [-0.39, 0.29) is 18.1 Å². The molecule has 0 radical (unpaired) electrons. The number of unbranched alkanes of at least 4 members (excludes halogenated alkanes) is 1. The first-order chi connectivity index (χ1) is 6.45. The maximum Gasteiger partial charge on any atom is 0.236 e. The second-order valence-corrected chi connectivity index (χ2v) is 4.24. The highest BCUT2D eigenvalue weighted by molar-refractivity contribution is 5.77. The van der Waals surface area contributed by atoms with Crippen molar-refractivity contribution in [3.63, 3.8) is 0 Å². The van der Waals surface area contributed by atoms with Gasteiger partial charge in [0.1, 0.15) is 0 Å². The molecular formula is C10H22N2O2. The van der Waals surface area contributed by atoms with E-state index in [0.717, 1.165) is 19.4 Å². The van der Waals surface area contributed by atoms with Crippen LogP contribution in [0.3, 0.4) is 0 Å². The summed E-state index contributed by atoms with van der Waals surface area (Å²) in [5.41, 5.74) is 2.38. The molecule has 0 fully saturated rings. The van der Waals surface area contributed by atoms with Gasteiger partial charge in [-0.25, -0.2) is 0 Å². The number of amides is 1. The zero-order valence-corrected chi connectivity index (χ0v) is 9.64. The zero-order chi connectivity index (χ0) is 11.0. The Morgan fingerprint density at radius 2 is 2.00 bits per heavy atom. The lowest BCUT2D eigenvalue weighted by Gasteiger charge is -2.19. The van der Waals surface area contributed by atoms with Crippen LogP contribution in [0.15, 0.2) is 0 Å². The summed E-state index contributed by atoms with van der Waals surface area (Å²) in [5.74, 6) is -0.0253. The molecule has 4 heteroatoms. The molecule has 0 heterocycles. The maximum absolute atomic E-state index is 11.2. The third kappa shape index (κ3) is 9.48. The Hall–Kier alpha value is -0.610. The van der Waals surface area contributed by atoms with Crippen molar-refractivity contribution in [3.8, 4) is 0 Å². The average molecular weight is 202 g/mol. The molecule has 2 N–H and O–H groups in total. The van der Waals surface area contributed by atoms with Crippen LogP contribution in [0, 0.1) is 0 Å². The Kier molecular flexibility index (Phi) is 6.49. The Bertz CT molecular complexity index is 164. The van der Waals surface area contributed by atoms with Gasteiger partial charge in [-0.3, -0.25) is 9.63 Å². The van der Waals surface area contributed by atoms with Crippen molar-refractivity contribution in [2.24, 2.45) is 0 Å². The molecule has 14 heavy (non-hydrogen) atoms. The monoisotopic (exact) mass is 202 g/mol. The minimum absolute atomic E-state index is 0.0253. The van der Waals surface area contributed by atoms with E-state index in [2.05, 4.69) is 17.7 Å². The Labute approximate surface area is 86.4 Å². The number of hydrogen-bond acceptors (Lipinski definition) is 3. The van der Waals surface area contributed by atoms with Crippen LogP contribution in [0.2, 0.25) is 0 Å². The highest BCUT2D eigenvalue weighted by Crippen LogP contribution is 2.02. The van der Waals surface area contributed by atoms with Gasteiger partial charge in [-0.1, -0.05) is 13.3 Å². The Balaban J connectivity index is 3.36. The van der Waals surface area contributed by atoms with E-state index >= 15 is 0 Å². The van der Waals surface area contributed by atoms with Gasteiger partial charge in [-0.15, -0.1) is 0 Å². The first-order valence-corrected chi connectivity index (χ1v) is 5.13. The molecule has 4 nitrogen and oxygen atoms in total. The standard InChI is InChI=1S/C10H22N2O2/c1-5-6-7-11-9(13)8-12-14-10(2,3)4/h12H,5-8H2,1-4H3,(H,11,13). The summed E-state index contributed by atoms with van der Waals surface area (Å²) in [5, 5.41) is 2.79. The Morgan fingerprint density at radius 3 is 2.50 bits per heavy atom. The molecular weight excluding hydrogens is 180 g/mol. The van der Waals surface area contributed by atoms with Crippen LogP contribution in [-0.2, 0) is 9.63 Å². The van der Waals surface area contributed by atoms with Crippen LogP contribution >= 0.6 is 0 Å². The predicted octanol–water partition coefficient (Wildman–Crippen LogP) is 1.22. The predicted molar refractivity (Wildman–Crippen MR) is 56.8 cm³/mol. The van der Waals surface area contributed by atoms with Gasteiger partial charge < -0.3 is 5.32 Å². The van der Waals surface area contributed by atoms with E-state index in [1.54, 1.807) is 0 Å². The molecule has 0 atom stereocenters. The van der Waals surface area contributed by atoms with Crippen LogP contribution < -0.4 is 10.8 Å². The van der Waals surface area contributed by atoms with Crippen LogP contribution in [0.4, 0.5) is 0 Å². The second kappa shape index (κ2) is 6.79. The molecule has 0 bridgehead atoms. The second-order valence-electron chi connectivity index (χ2n) is 4.24. The SMILES string of the molecule is CCCCNC(=O)CNOC(C)(C)C. The highest BCUT2D eigenvalue weighted by Gasteiger charge is 2.10. The minimum atomic E-state index is -0.260. The molecule has 0 aliphatic heterocycles. The molecule has 0 rings (SSSR count). The third-order valence-corrected chi connectivity index (χ3v) is 1.46. The summed E-state index contributed by atoms with van der Waals surface area (Å²) >= 11 is 0. The average Bonchev–Trinajstić information content (AvgIpc) is 2.02. The summed E-state index contributed by atoms with van der Waals surface area (Å²) in [7, 11) is 0. The molecule has 0 unspecified atom stereocenters. The van der Waals surface area contributed by atoms with Crippen LogP contribution in [0.5, 0.6) is 0 Å². The van der Waals surface area contributed by atoms with Crippen LogP contribution in [0.25, 0.3) is 0 Å². The molecule has 84 valence electrons. The van der Waals surface area contributed by atoms with Gasteiger partial charge in [0, 0.05) is 6.54 Å². The fourth-order valence-electron chi connectivity index (χ4n) is 0.785. The van der Waals surface area contributed by atoms with Crippen molar-refractivity contribution in [1.82, 2.24) is 10.8 Å². The minimum Gasteiger partial charge on any atom is -0.355 e. The highest BCUT2D eigenvalue weighted by atomic mass is 16.7. The molecule has 0 aliphatic carbocycles. The lowest BCUT2D eigenvalue weighted by Crippen LogP contribution is -2.38. The summed E-state index contributed by atoms with van der Waals surface area (Å²) in [6.07, 6.45) is 2.11. The van der Waals surface area contributed by atoms with Gasteiger partial charge in [-0.05, 0) is 27.2 Å². The van der Waals surface area contributed by atoms with Gasteiger partial charge in [0.05, 0.1) is 12.1 Å². The molecule has 0 aromatic rings. The van der Waals surface area contributed by atoms with Gasteiger partial charge in [0.2, 0.25) is 5.91 Å². The molecule has 0 saturated carbocycles. The lowest BCUT2D eigenvalue weighted by molar-refractivity contribution is -0.127. The fraction of sp³-hybridized carbons (Fsp3) is 0.900. The zero-order valence-electron chi connectivity index (χ0n) is 9.64. The summed E-state index contributed by atoms with van der Waals surface area (Å²) in [6.45, 7) is 8.82. The van der Waals surface area contributed by atoms with Crippen molar-refractivity contribution < 1.29 is 9.63 Å². The third-order valence-electron chi connectivity index (χ3n) is 1.46. The fourth-order valence-corrected chi connectivity index (χ4v) is 0.785. The molecule has 0 aromatic carbocycles. The van der Waals surface area contributed by atoms with Crippen molar-refractivity contribution in [2.45, 2.75) is 46.1 Å². The number of hydrogen-bond donors (Lipinski definition) is 2. The van der Waals surface area contributed by atoms with E-state index < -0.39 is 0 Å². The topological polar surface area (TPSA) is 50.4 Å². The van der Waals surface area contributed by atoms with Crippen molar-refractivity contribution in [1.29, 1.82) is 0 Å². The lowest BCUT2D eigenvalue weighted by atomic mass is 10.2. The summed E-state index contributed by atoms with van der Waals surface area (Å²) in [6, 6.07) is 0. The quantitative estimate of drug-likeness (QED) is 0.503. The van der Waals surface area contributed by atoms with Gasteiger partial charge >= 0.3 is 0 Å². The number of nitrogens with one attached hydrogen (secondary N) is 2. The summed E-state index contributed by atoms with van der Waals surface area (Å²) in [4.78, 5) is 16.3. The molecule has 0 spiro atoms. The maximum atomic E-state index is 11.2. The number of rotatable bonds is 6. The van der Waals surface area contributed by atoms with E-state index in [4.69, 9.17) is 4.84 Å². The van der Waals surface area contributed by atoms with E-state index in [0.29, 0.717) is 0 Å². The van der Waals surface area contributed by atoms with Gasteiger partial charge in [0.25, 0.3) is 0 Å².